The van der Waals surface area contributed by atoms with Crippen LogP contribution < -0.4 is 0 Å². The largest absolute Gasteiger partial charge is 0.392 e. The van der Waals surface area contributed by atoms with E-state index in [-0.39, 0.29) is 5.25 Å². The lowest BCUT2D eigenvalue weighted by molar-refractivity contribution is 0.0678. The van der Waals surface area contributed by atoms with Crippen LogP contribution in [0.5, 0.6) is 0 Å². The molecule has 2 atom stereocenters. The van der Waals surface area contributed by atoms with Crippen molar-refractivity contribution < 1.29 is 13.9 Å². The first kappa shape index (κ1) is 12.4. The van der Waals surface area contributed by atoms with Crippen molar-refractivity contribution in [3.63, 3.8) is 0 Å². The lowest BCUT2D eigenvalue weighted by Crippen LogP contribution is -2.16. The predicted octanol–water partition coefficient (Wildman–Crippen LogP) is 2.28. The highest BCUT2D eigenvalue weighted by Gasteiger charge is 2.14. The highest BCUT2D eigenvalue weighted by atomic mass is 32.2. The van der Waals surface area contributed by atoms with Gasteiger partial charge in [0.2, 0.25) is 0 Å². The summed E-state index contributed by atoms with van der Waals surface area (Å²) in [6.45, 7) is 0.979. The quantitative estimate of drug-likeness (QED) is 0.852. The molecule has 0 bridgehead atoms. The molecule has 86 valence electrons. The van der Waals surface area contributed by atoms with Gasteiger partial charge in [0.1, 0.15) is 5.82 Å². The van der Waals surface area contributed by atoms with Gasteiger partial charge in [0, 0.05) is 17.6 Å². The molecular formula is C9H14F2N2OS. The highest BCUT2D eigenvalue weighted by molar-refractivity contribution is 7.99. The molecule has 0 radical (unpaired) electrons. The number of halogens is 2. The number of hydrogen-bond donors (Lipinski definition) is 1. The topological polar surface area (TPSA) is 38.1 Å². The van der Waals surface area contributed by atoms with E-state index in [1.807, 2.05) is 6.92 Å². The number of aromatic nitrogens is 2. The average Bonchev–Trinajstić information content (AvgIpc) is 2.61. The van der Waals surface area contributed by atoms with Crippen LogP contribution in [0.4, 0.5) is 8.78 Å². The molecule has 1 N–H and O–H groups in total. The summed E-state index contributed by atoms with van der Waals surface area (Å²) >= 11 is 1.41. The van der Waals surface area contributed by atoms with Gasteiger partial charge in [-0.3, -0.25) is 4.57 Å². The van der Waals surface area contributed by atoms with E-state index in [0.29, 0.717) is 11.6 Å². The van der Waals surface area contributed by atoms with E-state index in [1.54, 1.807) is 6.92 Å². The van der Waals surface area contributed by atoms with E-state index in [9.17, 15) is 13.9 Å². The van der Waals surface area contributed by atoms with Gasteiger partial charge in [-0.2, -0.15) is 8.78 Å². The monoisotopic (exact) mass is 236 g/mol. The number of aliphatic hydroxyl groups excluding tert-OH is 1. The fraction of sp³-hybridized carbons (Fsp3) is 0.667. The molecule has 0 saturated carbocycles. The van der Waals surface area contributed by atoms with E-state index in [0.717, 1.165) is 4.57 Å². The zero-order valence-electron chi connectivity index (χ0n) is 8.60. The third-order valence-corrected chi connectivity index (χ3v) is 3.46. The first-order chi connectivity index (χ1) is 7.02. The number of thioether (sulfide) groups is 1. The maximum absolute atomic E-state index is 12.4. The summed E-state index contributed by atoms with van der Waals surface area (Å²) in [4.78, 5) is 3.85. The van der Waals surface area contributed by atoms with Crippen molar-refractivity contribution >= 4 is 11.8 Å². The lowest BCUT2D eigenvalue weighted by atomic mass is 10.3. The summed E-state index contributed by atoms with van der Waals surface area (Å²) in [5.74, 6) is 0.714. The highest BCUT2D eigenvalue weighted by Crippen LogP contribution is 2.21. The molecule has 1 rings (SSSR count). The van der Waals surface area contributed by atoms with Gasteiger partial charge in [0.15, 0.2) is 0 Å². The normalized spacial score (nSPS) is 15.6. The zero-order valence-corrected chi connectivity index (χ0v) is 9.42. The molecular weight excluding hydrogens is 222 g/mol. The van der Waals surface area contributed by atoms with E-state index < -0.39 is 12.7 Å². The number of aliphatic hydroxyl groups is 1. The molecule has 0 aromatic carbocycles. The van der Waals surface area contributed by atoms with Gasteiger partial charge in [0.25, 0.3) is 0 Å². The predicted molar refractivity (Wildman–Crippen MR) is 55.9 cm³/mol. The Morgan fingerprint density at radius 2 is 2.20 bits per heavy atom. The molecule has 0 saturated heterocycles. The summed E-state index contributed by atoms with van der Waals surface area (Å²) in [5, 5.41) is 9.24. The second-order valence-corrected chi connectivity index (χ2v) is 4.65. The molecule has 1 aromatic heterocycles. The van der Waals surface area contributed by atoms with Crippen molar-refractivity contribution in [2.45, 2.75) is 37.5 Å². The molecule has 1 aromatic rings. The van der Waals surface area contributed by atoms with Crippen molar-refractivity contribution in [3.05, 3.63) is 18.2 Å². The molecule has 0 fully saturated rings. The van der Waals surface area contributed by atoms with Crippen LogP contribution in [0.3, 0.4) is 0 Å². The van der Waals surface area contributed by atoms with Crippen molar-refractivity contribution in [1.82, 2.24) is 9.55 Å². The Kier molecular flexibility index (Phi) is 4.53. The molecule has 15 heavy (non-hydrogen) atoms. The molecule has 0 aliphatic carbocycles. The minimum Gasteiger partial charge on any atom is -0.392 e. The first-order valence-corrected chi connectivity index (χ1v) is 5.66. The number of hydrogen-bond acceptors (Lipinski definition) is 3. The van der Waals surface area contributed by atoms with E-state index in [2.05, 4.69) is 4.98 Å². The van der Waals surface area contributed by atoms with Gasteiger partial charge in [0.05, 0.1) is 11.9 Å². The minimum atomic E-state index is -2.55. The van der Waals surface area contributed by atoms with Crippen LogP contribution in [0.15, 0.2) is 12.4 Å². The van der Waals surface area contributed by atoms with Crippen LogP contribution in [0.2, 0.25) is 0 Å². The first-order valence-electron chi connectivity index (χ1n) is 4.62. The minimum absolute atomic E-state index is 0.00724. The Morgan fingerprint density at radius 3 is 2.73 bits per heavy atom. The Hall–Kier alpha value is -0.620. The molecule has 0 amide bonds. The number of nitrogens with zero attached hydrogens (tertiary/aromatic N) is 2. The molecule has 0 aliphatic rings. The van der Waals surface area contributed by atoms with Crippen LogP contribution in [0, 0.1) is 0 Å². The fourth-order valence-corrected chi connectivity index (χ4v) is 1.89. The summed E-state index contributed by atoms with van der Waals surface area (Å²) in [6.07, 6.45) is 2.16. The Labute approximate surface area is 91.5 Å². The smallest absolute Gasteiger partial charge is 0.319 e. The van der Waals surface area contributed by atoms with Gasteiger partial charge in [-0.25, -0.2) is 4.98 Å². The third-order valence-electron chi connectivity index (χ3n) is 2.11. The van der Waals surface area contributed by atoms with Gasteiger partial charge in [-0.1, -0.05) is 6.92 Å². The van der Waals surface area contributed by atoms with Crippen molar-refractivity contribution in [3.8, 4) is 0 Å². The van der Waals surface area contributed by atoms with Gasteiger partial charge < -0.3 is 5.11 Å². The second-order valence-electron chi connectivity index (χ2n) is 3.29. The SMILES string of the molecule is C[C@H](O)[C@@H](C)SCc1nccn1C(F)F. The van der Waals surface area contributed by atoms with Crippen LogP contribution in [0.1, 0.15) is 26.2 Å². The van der Waals surface area contributed by atoms with Gasteiger partial charge in [-0.15, -0.1) is 11.8 Å². The standard InChI is InChI=1S/C9H14F2N2OS/c1-6(14)7(2)15-5-8-12-3-4-13(8)9(10)11/h3-4,6-7,9,14H,5H2,1-2H3/t6-,7+/m0/s1. The van der Waals surface area contributed by atoms with Crippen LogP contribution >= 0.6 is 11.8 Å². The average molecular weight is 236 g/mol. The molecule has 3 nitrogen and oxygen atoms in total. The third kappa shape index (κ3) is 3.46. The molecule has 1 heterocycles. The van der Waals surface area contributed by atoms with Crippen LogP contribution in [0.25, 0.3) is 0 Å². The Bertz CT molecular complexity index is 304. The number of imidazole rings is 1. The van der Waals surface area contributed by atoms with Crippen molar-refractivity contribution in [1.29, 1.82) is 0 Å². The van der Waals surface area contributed by atoms with Crippen LogP contribution in [-0.2, 0) is 5.75 Å². The van der Waals surface area contributed by atoms with E-state index >= 15 is 0 Å². The molecule has 0 unspecified atom stereocenters. The number of alkyl halides is 2. The zero-order chi connectivity index (χ0) is 11.4. The summed E-state index contributed by atoms with van der Waals surface area (Å²) in [5.41, 5.74) is 0. The summed E-state index contributed by atoms with van der Waals surface area (Å²) in [7, 11) is 0. The summed E-state index contributed by atoms with van der Waals surface area (Å²) in [6, 6.07) is 0. The lowest BCUT2D eigenvalue weighted by Gasteiger charge is -2.14. The fourth-order valence-electron chi connectivity index (χ4n) is 0.979. The number of rotatable bonds is 5. The van der Waals surface area contributed by atoms with Crippen molar-refractivity contribution in [2.75, 3.05) is 0 Å². The van der Waals surface area contributed by atoms with Gasteiger partial charge in [-0.05, 0) is 6.92 Å². The maximum atomic E-state index is 12.4. The van der Waals surface area contributed by atoms with E-state index in [1.165, 1.54) is 24.2 Å². The Balaban J connectivity index is 2.54. The second kappa shape index (κ2) is 5.46. The van der Waals surface area contributed by atoms with E-state index in [4.69, 9.17) is 0 Å². The summed E-state index contributed by atoms with van der Waals surface area (Å²) < 4.78 is 25.7. The molecule has 0 aliphatic heterocycles. The van der Waals surface area contributed by atoms with Gasteiger partial charge >= 0.3 is 6.55 Å². The molecule has 6 heteroatoms. The van der Waals surface area contributed by atoms with Crippen LogP contribution in [-0.4, -0.2) is 26.0 Å². The maximum Gasteiger partial charge on any atom is 0.319 e. The Morgan fingerprint density at radius 1 is 1.53 bits per heavy atom. The van der Waals surface area contributed by atoms with Crippen molar-refractivity contribution in [2.24, 2.45) is 0 Å². The molecule has 0 spiro atoms.